The standard InChI is InChI=1S/C49H56N2O10/c1-48(2,3)60-43(53)25-23-37(30-52)50-45(54)38-15-10-26-51(38)46(55)34-28-41(58-47(56)33-21-18-31(19-22-33)16-17-32-20-24-39-40(27-32)57-39)44-42(29-34)59-49(61-44,35-11-6-4-7-12-35)36-13-8-5-9-14-36/h4-9,11-14,16-19,21-22,29,32,37-42,44,52H,10,15,20,23-28,30H2,1-3H3,(H,50,54). The molecule has 3 aromatic rings. The number of amides is 2. The normalized spacial score (nSPS) is 27.0. The number of ether oxygens (including phenoxy) is 5. The van der Waals surface area contributed by atoms with Crippen molar-refractivity contribution in [3.05, 3.63) is 125 Å². The van der Waals surface area contributed by atoms with Gasteiger partial charge in [-0.25, -0.2) is 4.79 Å². The number of carbonyl (C=O) groups excluding carboxylic acids is 4. The van der Waals surface area contributed by atoms with Gasteiger partial charge in [0, 0.05) is 36.1 Å². The van der Waals surface area contributed by atoms with Crippen LogP contribution in [0.1, 0.15) is 99.2 Å². The van der Waals surface area contributed by atoms with Crippen LogP contribution in [0.5, 0.6) is 0 Å². The SMILES string of the molecule is CC(C)(C)OC(=O)CCC(CO)NC(=O)C1CCCN1C(=O)C1=CC2OC(c3ccccc3)(c3ccccc3)OC2C(OC(=O)c2ccc(C=CC3CCC4OC4C3)cc2)C1. The third kappa shape index (κ3) is 9.83. The average molecular weight is 833 g/mol. The van der Waals surface area contributed by atoms with Crippen LogP contribution in [0.2, 0.25) is 0 Å². The fourth-order valence-electron chi connectivity index (χ4n) is 9.03. The number of esters is 2. The molecular weight excluding hydrogens is 777 g/mol. The zero-order chi connectivity index (χ0) is 42.7. The predicted molar refractivity (Wildman–Crippen MR) is 226 cm³/mol. The summed E-state index contributed by atoms with van der Waals surface area (Å²) in [4.78, 5) is 56.1. The summed E-state index contributed by atoms with van der Waals surface area (Å²) in [7, 11) is 0. The molecule has 8 atom stereocenters. The summed E-state index contributed by atoms with van der Waals surface area (Å²) in [5, 5.41) is 12.9. The molecule has 1 saturated carbocycles. The van der Waals surface area contributed by atoms with E-state index in [4.69, 9.17) is 23.7 Å². The Hall–Kier alpha value is -5.14. The highest BCUT2D eigenvalue weighted by Gasteiger charge is 2.55. The Morgan fingerprint density at radius 3 is 2.28 bits per heavy atom. The van der Waals surface area contributed by atoms with Crippen molar-refractivity contribution < 1.29 is 48.0 Å². The Morgan fingerprint density at radius 2 is 1.62 bits per heavy atom. The molecule has 12 nitrogen and oxygen atoms in total. The van der Waals surface area contributed by atoms with E-state index in [1.807, 2.05) is 72.8 Å². The molecule has 2 aliphatic carbocycles. The Balaban J connectivity index is 1.01. The van der Waals surface area contributed by atoms with E-state index in [0.717, 1.165) is 36.0 Å². The summed E-state index contributed by atoms with van der Waals surface area (Å²) in [6.07, 6.45) is 8.92. The molecule has 2 N–H and O–H groups in total. The highest BCUT2D eigenvalue weighted by Crippen LogP contribution is 2.47. The van der Waals surface area contributed by atoms with Crippen molar-refractivity contribution in [2.45, 2.75) is 126 Å². The van der Waals surface area contributed by atoms with Gasteiger partial charge in [0.2, 0.25) is 17.6 Å². The summed E-state index contributed by atoms with van der Waals surface area (Å²) in [6, 6.07) is 24.9. The lowest BCUT2D eigenvalue weighted by Gasteiger charge is -2.33. The summed E-state index contributed by atoms with van der Waals surface area (Å²) >= 11 is 0. The number of aliphatic hydroxyl groups is 1. The van der Waals surface area contributed by atoms with Gasteiger partial charge < -0.3 is 39.0 Å². The number of hydrogen-bond acceptors (Lipinski definition) is 10. The van der Waals surface area contributed by atoms with Crippen molar-refractivity contribution in [2.24, 2.45) is 5.92 Å². The van der Waals surface area contributed by atoms with Gasteiger partial charge in [-0.15, -0.1) is 0 Å². The third-order valence-electron chi connectivity index (χ3n) is 12.2. The lowest BCUT2D eigenvalue weighted by molar-refractivity contribution is -0.157. The molecule has 3 heterocycles. The molecule has 4 fully saturated rings. The monoisotopic (exact) mass is 832 g/mol. The number of nitrogens with zero attached hydrogens (tertiary/aromatic N) is 1. The number of allylic oxidation sites excluding steroid dienone is 1. The average Bonchev–Trinajstić information content (AvgIpc) is 3.65. The van der Waals surface area contributed by atoms with E-state index < -0.39 is 59.6 Å². The van der Waals surface area contributed by atoms with Gasteiger partial charge in [0.15, 0.2) is 0 Å². The van der Waals surface area contributed by atoms with Crippen LogP contribution in [0.15, 0.2) is 103 Å². The molecule has 3 saturated heterocycles. The third-order valence-corrected chi connectivity index (χ3v) is 12.2. The maximum Gasteiger partial charge on any atom is 0.338 e. The molecule has 3 aliphatic heterocycles. The van der Waals surface area contributed by atoms with Crippen LogP contribution >= 0.6 is 0 Å². The van der Waals surface area contributed by atoms with Crippen LogP contribution in [0.25, 0.3) is 6.08 Å². The number of carbonyl (C=O) groups is 4. The van der Waals surface area contributed by atoms with E-state index >= 15 is 0 Å². The van der Waals surface area contributed by atoms with Crippen molar-refractivity contribution >= 4 is 29.8 Å². The Morgan fingerprint density at radius 1 is 0.918 bits per heavy atom. The predicted octanol–water partition coefficient (Wildman–Crippen LogP) is 6.40. The second kappa shape index (κ2) is 18.1. The maximum absolute atomic E-state index is 14.6. The first-order chi connectivity index (χ1) is 29.4. The number of likely N-dealkylation sites (tertiary alicyclic amines) is 1. The molecule has 0 bridgehead atoms. The highest BCUT2D eigenvalue weighted by atomic mass is 16.8. The molecule has 12 heteroatoms. The van der Waals surface area contributed by atoms with Gasteiger partial charge >= 0.3 is 11.9 Å². The zero-order valence-electron chi connectivity index (χ0n) is 35.1. The van der Waals surface area contributed by atoms with E-state index in [1.165, 1.54) is 4.90 Å². The Kier molecular flexibility index (Phi) is 12.6. The first-order valence-corrected chi connectivity index (χ1v) is 21.7. The van der Waals surface area contributed by atoms with Crippen molar-refractivity contribution in [2.75, 3.05) is 13.2 Å². The first-order valence-electron chi connectivity index (χ1n) is 21.7. The number of epoxide rings is 1. The van der Waals surface area contributed by atoms with Crippen LogP contribution in [-0.4, -0.2) is 95.1 Å². The van der Waals surface area contributed by atoms with Crippen LogP contribution in [0.3, 0.4) is 0 Å². The lowest BCUT2D eigenvalue weighted by atomic mass is 9.89. The van der Waals surface area contributed by atoms with Gasteiger partial charge in [-0.3, -0.25) is 14.4 Å². The molecule has 5 aliphatic rings. The van der Waals surface area contributed by atoms with Gasteiger partial charge in [-0.1, -0.05) is 84.9 Å². The van der Waals surface area contributed by atoms with Crippen LogP contribution < -0.4 is 5.32 Å². The number of aliphatic hydroxyl groups excluding tert-OH is 1. The Bertz CT molecular complexity index is 2070. The van der Waals surface area contributed by atoms with Crippen LogP contribution in [-0.2, 0) is 43.9 Å². The quantitative estimate of drug-likeness (QED) is 0.146. The number of rotatable bonds is 13. The van der Waals surface area contributed by atoms with E-state index in [1.54, 1.807) is 39.0 Å². The number of hydrogen-bond donors (Lipinski definition) is 2. The Labute approximate surface area is 357 Å². The molecular formula is C49H56N2O10. The largest absolute Gasteiger partial charge is 0.460 e. The van der Waals surface area contributed by atoms with Crippen molar-refractivity contribution in [1.29, 1.82) is 0 Å². The minimum Gasteiger partial charge on any atom is -0.460 e. The van der Waals surface area contributed by atoms with Gasteiger partial charge in [0.25, 0.3) is 0 Å². The molecule has 61 heavy (non-hydrogen) atoms. The van der Waals surface area contributed by atoms with E-state index in [9.17, 15) is 24.3 Å². The maximum atomic E-state index is 14.6. The minimum atomic E-state index is -1.37. The van der Waals surface area contributed by atoms with E-state index in [-0.39, 0.29) is 31.8 Å². The fourth-order valence-corrected chi connectivity index (χ4v) is 9.03. The smallest absolute Gasteiger partial charge is 0.338 e. The van der Waals surface area contributed by atoms with E-state index in [0.29, 0.717) is 48.6 Å². The van der Waals surface area contributed by atoms with Crippen molar-refractivity contribution in [1.82, 2.24) is 10.2 Å². The van der Waals surface area contributed by atoms with E-state index in [2.05, 4.69) is 17.5 Å². The summed E-state index contributed by atoms with van der Waals surface area (Å²) in [5.41, 5.74) is 2.51. The minimum absolute atomic E-state index is 0.0135. The van der Waals surface area contributed by atoms with Gasteiger partial charge in [0.05, 0.1) is 30.4 Å². The van der Waals surface area contributed by atoms with Crippen molar-refractivity contribution in [3.63, 3.8) is 0 Å². The molecule has 0 aromatic heterocycles. The topological polar surface area (TPSA) is 153 Å². The van der Waals surface area contributed by atoms with Gasteiger partial charge in [-0.2, -0.15) is 0 Å². The fraction of sp³-hybridized carbons (Fsp3) is 0.469. The molecule has 2 amide bonds. The van der Waals surface area contributed by atoms with Crippen LogP contribution in [0.4, 0.5) is 0 Å². The molecule has 3 aromatic carbocycles. The molecule has 0 spiro atoms. The number of fused-ring (bicyclic) bond motifs is 2. The first kappa shape index (κ1) is 42.5. The van der Waals surface area contributed by atoms with Gasteiger partial charge in [0.1, 0.15) is 30.0 Å². The second-order valence-electron chi connectivity index (χ2n) is 17.8. The summed E-state index contributed by atoms with van der Waals surface area (Å²) < 4.78 is 31.2. The summed E-state index contributed by atoms with van der Waals surface area (Å²) in [6.45, 7) is 5.28. The van der Waals surface area contributed by atoms with Crippen LogP contribution in [0, 0.1) is 5.92 Å². The number of benzene rings is 3. The molecule has 322 valence electrons. The molecule has 0 radical (unpaired) electrons. The highest BCUT2D eigenvalue weighted by molar-refractivity contribution is 5.98. The second-order valence-corrected chi connectivity index (χ2v) is 17.8. The molecule has 8 rings (SSSR count). The number of nitrogens with one attached hydrogen (secondary N) is 1. The zero-order valence-corrected chi connectivity index (χ0v) is 35.1. The molecule has 8 unspecified atom stereocenters. The van der Waals surface area contributed by atoms with Crippen molar-refractivity contribution in [3.8, 4) is 0 Å². The summed E-state index contributed by atoms with van der Waals surface area (Å²) in [5.74, 6) is -2.67. The van der Waals surface area contributed by atoms with Gasteiger partial charge in [-0.05, 0) is 89.0 Å². The lowest BCUT2D eigenvalue weighted by Crippen LogP contribution is -2.51.